The number of rotatable bonds is 3. The summed E-state index contributed by atoms with van der Waals surface area (Å²) in [7, 11) is 0. The third-order valence-electron chi connectivity index (χ3n) is 2.91. The van der Waals surface area contributed by atoms with E-state index in [9.17, 15) is 4.39 Å². The third-order valence-corrected chi connectivity index (χ3v) is 5.07. The molecule has 0 saturated carbocycles. The first kappa shape index (κ1) is 14.1. The summed E-state index contributed by atoms with van der Waals surface area (Å²) in [6.07, 6.45) is 2.07. The average Bonchev–Trinajstić information content (AvgIpc) is 2.57. The monoisotopic (exact) mass is 348 g/mol. The first-order valence-electron chi connectivity index (χ1n) is 5.47. The van der Waals surface area contributed by atoms with E-state index in [0.717, 1.165) is 17.6 Å². The molecule has 0 atom stereocenters. The highest BCUT2D eigenvalue weighted by molar-refractivity contribution is 9.10. The number of H-pyrrole nitrogens is 1. The van der Waals surface area contributed by atoms with Crippen molar-refractivity contribution >= 4 is 50.9 Å². The fourth-order valence-electron chi connectivity index (χ4n) is 1.75. The number of nitrogens with one attached hydrogen (secondary N) is 1. The molecule has 18 heavy (non-hydrogen) atoms. The molecular formula is C12H14BrFN2S2. The van der Waals surface area contributed by atoms with Gasteiger partial charge in [0.25, 0.3) is 0 Å². The highest BCUT2D eigenvalue weighted by atomic mass is 79.9. The predicted molar refractivity (Wildman–Crippen MR) is 82.4 cm³/mol. The van der Waals surface area contributed by atoms with Crippen molar-refractivity contribution < 1.29 is 4.39 Å². The number of hydrogen-bond acceptors (Lipinski definition) is 2. The lowest BCUT2D eigenvalue weighted by molar-refractivity contribution is 0.572. The van der Waals surface area contributed by atoms with E-state index in [1.807, 2.05) is 4.57 Å². The molecule has 0 aliphatic rings. The van der Waals surface area contributed by atoms with Gasteiger partial charge in [0.1, 0.15) is 5.82 Å². The molecule has 0 aliphatic heterocycles. The molecule has 1 heterocycles. The molecule has 0 amide bonds. The Morgan fingerprint density at radius 3 is 2.78 bits per heavy atom. The van der Waals surface area contributed by atoms with Crippen LogP contribution >= 0.6 is 39.9 Å². The molecule has 2 nitrogen and oxygen atoms in total. The molecule has 0 spiro atoms. The first-order valence-corrected chi connectivity index (χ1v) is 7.89. The number of thioether (sulfide) groups is 1. The molecule has 0 unspecified atom stereocenters. The molecule has 1 aromatic heterocycles. The summed E-state index contributed by atoms with van der Waals surface area (Å²) >= 11 is 10.3. The lowest BCUT2D eigenvalue weighted by Crippen LogP contribution is -2.22. The van der Waals surface area contributed by atoms with Gasteiger partial charge in [0.15, 0.2) is 4.77 Å². The van der Waals surface area contributed by atoms with Crippen molar-refractivity contribution in [1.82, 2.24) is 9.55 Å². The summed E-state index contributed by atoms with van der Waals surface area (Å²) in [6.45, 7) is 5.04. The van der Waals surface area contributed by atoms with Crippen molar-refractivity contribution in [3.63, 3.8) is 0 Å². The van der Waals surface area contributed by atoms with Crippen LogP contribution in [0.4, 0.5) is 4.39 Å². The van der Waals surface area contributed by atoms with Crippen LogP contribution in [0.5, 0.6) is 0 Å². The fourth-order valence-corrected chi connectivity index (χ4v) is 2.63. The molecule has 0 fully saturated rings. The van der Waals surface area contributed by atoms with E-state index in [2.05, 4.69) is 41.0 Å². The van der Waals surface area contributed by atoms with E-state index in [0.29, 0.717) is 9.24 Å². The first-order chi connectivity index (χ1) is 8.34. The Morgan fingerprint density at radius 1 is 1.50 bits per heavy atom. The Kier molecular flexibility index (Phi) is 3.90. The van der Waals surface area contributed by atoms with Crippen LogP contribution in [0.2, 0.25) is 0 Å². The molecule has 6 heteroatoms. The third kappa shape index (κ3) is 2.65. The van der Waals surface area contributed by atoms with Gasteiger partial charge < -0.3 is 9.55 Å². The number of hydrogen-bond donors (Lipinski definition) is 1. The van der Waals surface area contributed by atoms with Gasteiger partial charge in [-0.05, 0) is 54.3 Å². The van der Waals surface area contributed by atoms with E-state index in [-0.39, 0.29) is 10.6 Å². The molecule has 1 N–H and O–H groups in total. The second-order valence-corrected chi connectivity index (χ2v) is 7.52. The van der Waals surface area contributed by atoms with Gasteiger partial charge in [-0.1, -0.05) is 0 Å². The standard InChI is InChI=1S/C12H14BrFN2S2/c1-12(2,18-3)6-16-10-5-8(14)7(13)4-9(10)15-11(16)17/h4-5H,6H2,1-3H3,(H,15,17). The highest BCUT2D eigenvalue weighted by Crippen LogP contribution is 2.28. The van der Waals surface area contributed by atoms with Gasteiger partial charge in [-0.2, -0.15) is 11.8 Å². The van der Waals surface area contributed by atoms with Crippen molar-refractivity contribution in [2.45, 2.75) is 25.1 Å². The second-order valence-electron chi connectivity index (χ2n) is 4.76. The van der Waals surface area contributed by atoms with Crippen LogP contribution in [0.1, 0.15) is 13.8 Å². The minimum absolute atomic E-state index is 0.0525. The topological polar surface area (TPSA) is 20.7 Å². The summed E-state index contributed by atoms with van der Waals surface area (Å²) in [5.74, 6) is -0.271. The highest BCUT2D eigenvalue weighted by Gasteiger charge is 2.19. The molecule has 98 valence electrons. The van der Waals surface area contributed by atoms with Crippen molar-refractivity contribution in [1.29, 1.82) is 0 Å². The van der Waals surface area contributed by atoms with Crippen molar-refractivity contribution in [3.8, 4) is 0 Å². The van der Waals surface area contributed by atoms with E-state index in [4.69, 9.17) is 12.2 Å². The Morgan fingerprint density at radius 2 is 2.17 bits per heavy atom. The van der Waals surface area contributed by atoms with Crippen molar-refractivity contribution in [3.05, 3.63) is 27.2 Å². The number of fused-ring (bicyclic) bond motifs is 1. The zero-order valence-corrected chi connectivity index (χ0v) is 13.6. The van der Waals surface area contributed by atoms with Gasteiger partial charge in [0.05, 0.1) is 15.5 Å². The van der Waals surface area contributed by atoms with Crippen LogP contribution < -0.4 is 0 Å². The number of halogens is 2. The number of imidazole rings is 1. The lowest BCUT2D eigenvalue weighted by atomic mass is 10.2. The van der Waals surface area contributed by atoms with E-state index >= 15 is 0 Å². The van der Waals surface area contributed by atoms with Crippen LogP contribution in [0.3, 0.4) is 0 Å². The van der Waals surface area contributed by atoms with Crippen LogP contribution in [-0.2, 0) is 6.54 Å². The van der Waals surface area contributed by atoms with E-state index in [1.54, 1.807) is 17.8 Å². The maximum Gasteiger partial charge on any atom is 0.178 e. The van der Waals surface area contributed by atoms with Crippen molar-refractivity contribution in [2.75, 3.05) is 6.26 Å². The molecule has 1 aromatic carbocycles. The van der Waals surface area contributed by atoms with Gasteiger partial charge in [-0.15, -0.1) is 0 Å². The van der Waals surface area contributed by atoms with E-state index < -0.39 is 0 Å². The quantitative estimate of drug-likeness (QED) is 0.808. The second kappa shape index (κ2) is 4.98. The van der Waals surface area contributed by atoms with Crippen LogP contribution in [0.25, 0.3) is 11.0 Å². The molecular weight excluding hydrogens is 335 g/mol. The molecule has 2 rings (SSSR count). The molecule has 0 bridgehead atoms. The number of nitrogens with zero attached hydrogens (tertiary/aromatic N) is 1. The SMILES string of the molecule is CSC(C)(C)Cn1c(=S)[nH]c2cc(Br)c(F)cc21. The van der Waals surface area contributed by atoms with Crippen LogP contribution in [0, 0.1) is 10.6 Å². The van der Waals surface area contributed by atoms with Gasteiger partial charge in [0.2, 0.25) is 0 Å². The Bertz CT molecular complexity index is 645. The summed E-state index contributed by atoms with van der Waals surface area (Å²) in [4.78, 5) is 3.11. The number of aromatic amines is 1. The minimum atomic E-state index is -0.271. The van der Waals surface area contributed by atoms with Crippen molar-refractivity contribution in [2.24, 2.45) is 0 Å². The smallest absolute Gasteiger partial charge is 0.178 e. The summed E-state index contributed by atoms with van der Waals surface area (Å²) < 4.78 is 16.7. The van der Waals surface area contributed by atoms with Crippen LogP contribution in [0.15, 0.2) is 16.6 Å². The normalized spacial score (nSPS) is 12.3. The Labute approximate surface area is 123 Å². The predicted octanol–water partition coefficient (Wildman–Crippen LogP) is 4.74. The van der Waals surface area contributed by atoms with Gasteiger partial charge in [-0.25, -0.2) is 4.39 Å². The van der Waals surface area contributed by atoms with Gasteiger partial charge >= 0.3 is 0 Å². The maximum absolute atomic E-state index is 13.6. The summed E-state index contributed by atoms with van der Waals surface area (Å²) in [5.41, 5.74) is 1.66. The minimum Gasteiger partial charge on any atom is -0.331 e. The molecule has 0 aliphatic carbocycles. The molecule has 0 radical (unpaired) electrons. The lowest BCUT2D eigenvalue weighted by Gasteiger charge is -2.22. The van der Waals surface area contributed by atoms with Crippen LogP contribution in [-0.4, -0.2) is 20.6 Å². The summed E-state index contributed by atoms with van der Waals surface area (Å²) in [6, 6.07) is 3.24. The maximum atomic E-state index is 13.6. The van der Waals surface area contributed by atoms with Gasteiger partial charge in [-0.3, -0.25) is 0 Å². The number of benzene rings is 1. The average molecular weight is 349 g/mol. The zero-order chi connectivity index (χ0) is 13.5. The summed E-state index contributed by atoms with van der Waals surface area (Å²) in [5, 5.41) is 0. The zero-order valence-electron chi connectivity index (χ0n) is 10.4. The Balaban J connectivity index is 2.60. The number of aromatic nitrogens is 2. The fraction of sp³-hybridized carbons (Fsp3) is 0.417. The molecule has 0 saturated heterocycles. The molecule has 2 aromatic rings. The Hall–Kier alpha value is -0.330. The van der Waals surface area contributed by atoms with Gasteiger partial charge in [0, 0.05) is 17.4 Å². The largest absolute Gasteiger partial charge is 0.331 e. The van der Waals surface area contributed by atoms with E-state index in [1.165, 1.54) is 6.07 Å².